The van der Waals surface area contributed by atoms with Crippen LogP contribution in [0.15, 0.2) is 6.07 Å². The molecule has 0 fully saturated rings. The van der Waals surface area contributed by atoms with Crippen molar-refractivity contribution >= 4 is 15.9 Å². The molecular formula is C19H31Br. The summed E-state index contributed by atoms with van der Waals surface area (Å²) in [4.78, 5) is 0.521. The van der Waals surface area contributed by atoms with Crippen LogP contribution >= 0.6 is 15.9 Å². The van der Waals surface area contributed by atoms with Gasteiger partial charge in [0.1, 0.15) is 0 Å². The number of rotatable bonds is 8. The van der Waals surface area contributed by atoms with Gasteiger partial charge >= 0.3 is 0 Å². The quantitative estimate of drug-likeness (QED) is 0.350. The number of halogens is 1. The Kier molecular flexibility index (Phi) is 7.87. The zero-order chi connectivity index (χ0) is 15.1. The minimum Gasteiger partial charge on any atom is -0.0839 e. The highest BCUT2D eigenvalue weighted by molar-refractivity contribution is 9.09. The van der Waals surface area contributed by atoms with Gasteiger partial charge < -0.3 is 0 Å². The molecule has 1 aromatic carbocycles. The van der Waals surface area contributed by atoms with Crippen LogP contribution in [-0.2, 0) is 0 Å². The zero-order valence-corrected chi connectivity index (χ0v) is 15.6. The lowest BCUT2D eigenvalue weighted by Gasteiger charge is -2.20. The Bertz CT molecular complexity index is 394. The first kappa shape index (κ1) is 17.8. The monoisotopic (exact) mass is 338 g/mol. The van der Waals surface area contributed by atoms with Crippen molar-refractivity contribution in [1.29, 1.82) is 0 Å². The fourth-order valence-electron chi connectivity index (χ4n) is 2.97. The average Bonchev–Trinajstić information content (AvgIpc) is 2.41. The van der Waals surface area contributed by atoms with Crippen molar-refractivity contribution in [2.75, 3.05) is 0 Å². The van der Waals surface area contributed by atoms with Crippen molar-refractivity contribution in [3.63, 3.8) is 0 Å². The number of alkyl halides is 1. The lowest BCUT2D eigenvalue weighted by atomic mass is 9.90. The summed E-state index contributed by atoms with van der Waals surface area (Å²) in [5, 5.41) is 0. The largest absolute Gasteiger partial charge is 0.0839 e. The molecule has 0 heterocycles. The number of hydrogen-bond donors (Lipinski definition) is 0. The predicted octanol–water partition coefficient (Wildman–Crippen LogP) is 7.11. The minimum absolute atomic E-state index is 0.521. The molecule has 0 aliphatic carbocycles. The molecule has 0 radical (unpaired) electrons. The van der Waals surface area contributed by atoms with Crippen LogP contribution in [0.25, 0.3) is 0 Å². The maximum atomic E-state index is 3.94. The second-order valence-corrected chi connectivity index (χ2v) is 7.30. The van der Waals surface area contributed by atoms with E-state index in [1.54, 1.807) is 0 Å². The van der Waals surface area contributed by atoms with E-state index in [1.807, 2.05) is 0 Å². The molecule has 0 aliphatic rings. The second kappa shape index (κ2) is 8.87. The normalized spacial score (nSPS) is 12.7. The van der Waals surface area contributed by atoms with Crippen LogP contribution in [0.3, 0.4) is 0 Å². The van der Waals surface area contributed by atoms with Crippen LogP contribution < -0.4 is 0 Å². The molecule has 0 saturated carbocycles. The maximum Gasteiger partial charge on any atom is 0.0400 e. The van der Waals surface area contributed by atoms with E-state index in [0.29, 0.717) is 4.83 Å². The Morgan fingerprint density at radius 3 is 1.90 bits per heavy atom. The van der Waals surface area contributed by atoms with Crippen molar-refractivity contribution in [2.45, 2.75) is 84.4 Å². The zero-order valence-electron chi connectivity index (χ0n) is 14.0. The Morgan fingerprint density at radius 1 is 0.850 bits per heavy atom. The SMILES string of the molecule is CCCCCCCCC(Br)c1c(C)c(C)cc(C)c1C. The summed E-state index contributed by atoms with van der Waals surface area (Å²) in [7, 11) is 0. The van der Waals surface area contributed by atoms with Crippen LogP contribution in [0.5, 0.6) is 0 Å². The summed E-state index contributed by atoms with van der Waals surface area (Å²) in [6.07, 6.45) is 9.52. The molecule has 0 nitrogen and oxygen atoms in total. The van der Waals surface area contributed by atoms with E-state index < -0.39 is 0 Å². The van der Waals surface area contributed by atoms with Gasteiger partial charge in [0.15, 0.2) is 0 Å². The molecule has 1 atom stereocenters. The molecule has 0 aliphatic heterocycles. The lowest BCUT2D eigenvalue weighted by Crippen LogP contribution is -2.02. The summed E-state index contributed by atoms with van der Waals surface area (Å²) in [5.74, 6) is 0. The summed E-state index contributed by atoms with van der Waals surface area (Å²) < 4.78 is 0. The van der Waals surface area contributed by atoms with Gasteiger partial charge in [-0.25, -0.2) is 0 Å². The third kappa shape index (κ3) is 4.91. The van der Waals surface area contributed by atoms with E-state index >= 15 is 0 Å². The van der Waals surface area contributed by atoms with Crippen LogP contribution in [-0.4, -0.2) is 0 Å². The molecule has 20 heavy (non-hydrogen) atoms. The van der Waals surface area contributed by atoms with E-state index in [2.05, 4.69) is 56.6 Å². The fourth-order valence-corrected chi connectivity index (χ4v) is 3.98. The van der Waals surface area contributed by atoms with E-state index in [9.17, 15) is 0 Å². The van der Waals surface area contributed by atoms with Gasteiger partial charge in [0.2, 0.25) is 0 Å². The third-order valence-electron chi connectivity index (χ3n) is 4.55. The second-order valence-electron chi connectivity index (χ2n) is 6.20. The number of benzene rings is 1. The van der Waals surface area contributed by atoms with E-state index in [-0.39, 0.29) is 0 Å². The Labute approximate surface area is 134 Å². The number of unbranched alkanes of at least 4 members (excludes halogenated alkanes) is 5. The molecular weight excluding hydrogens is 308 g/mol. The van der Waals surface area contributed by atoms with Gasteiger partial charge in [-0.05, 0) is 61.9 Å². The molecule has 0 N–H and O–H groups in total. The average molecular weight is 339 g/mol. The first-order chi connectivity index (χ1) is 9.49. The predicted molar refractivity (Wildman–Crippen MR) is 95.1 cm³/mol. The number of aryl methyl sites for hydroxylation is 2. The lowest BCUT2D eigenvalue weighted by molar-refractivity contribution is 0.587. The van der Waals surface area contributed by atoms with Crippen molar-refractivity contribution in [1.82, 2.24) is 0 Å². The molecule has 0 spiro atoms. The van der Waals surface area contributed by atoms with Gasteiger partial charge in [-0.3, -0.25) is 0 Å². The van der Waals surface area contributed by atoms with E-state index in [1.165, 1.54) is 72.8 Å². The highest BCUT2D eigenvalue weighted by atomic mass is 79.9. The van der Waals surface area contributed by atoms with Crippen LogP contribution in [0, 0.1) is 27.7 Å². The Hall–Kier alpha value is -0.300. The molecule has 1 heteroatoms. The minimum atomic E-state index is 0.521. The summed E-state index contributed by atoms with van der Waals surface area (Å²) >= 11 is 3.94. The molecule has 0 amide bonds. The molecule has 1 rings (SSSR count). The van der Waals surface area contributed by atoms with Gasteiger partial charge in [-0.2, -0.15) is 0 Å². The Morgan fingerprint density at radius 2 is 1.35 bits per heavy atom. The highest BCUT2D eigenvalue weighted by Crippen LogP contribution is 2.36. The maximum absolute atomic E-state index is 3.94. The van der Waals surface area contributed by atoms with Crippen molar-refractivity contribution in [3.8, 4) is 0 Å². The topological polar surface area (TPSA) is 0 Å². The highest BCUT2D eigenvalue weighted by Gasteiger charge is 2.15. The van der Waals surface area contributed by atoms with E-state index in [4.69, 9.17) is 0 Å². The molecule has 0 bridgehead atoms. The van der Waals surface area contributed by atoms with Gasteiger partial charge in [0, 0.05) is 4.83 Å². The summed E-state index contributed by atoms with van der Waals surface area (Å²) in [5.41, 5.74) is 7.34. The smallest absolute Gasteiger partial charge is 0.0400 e. The van der Waals surface area contributed by atoms with Crippen LogP contribution in [0.2, 0.25) is 0 Å². The van der Waals surface area contributed by atoms with Crippen molar-refractivity contribution < 1.29 is 0 Å². The Balaban J connectivity index is 2.57. The number of hydrogen-bond acceptors (Lipinski definition) is 0. The van der Waals surface area contributed by atoms with E-state index in [0.717, 1.165) is 0 Å². The molecule has 1 unspecified atom stereocenters. The standard InChI is InChI=1S/C19H31Br/c1-6-7-8-9-10-11-12-18(20)19-16(4)14(2)13-15(3)17(19)5/h13,18H,6-12H2,1-5H3. The summed E-state index contributed by atoms with van der Waals surface area (Å²) in [6.45, 7) is 11.3. The molecule has 0 saturated heterocycles. The van der Waals surface area contributed by atoms with Gasteiger partial charge in [-0.1, -0.05) is 67.4 Å². The third-order valence-corrected chi connectivity index (χ3v) is 5.46. The van der Waals surface area contributed by atoms with Gasteiger partial charge in [-0.15, -0.1) is 0 Å². The summed E-state index contributed by atoms with van der Waals surface area (Å²) in [6, 6.07) is 2.32. The first-order valence-corrected chi connectivity index (χ1v) is 9.12. The van der Waals surface area contributed by atoms with Crippen molar-refractivity contribution in [3.05, 3.63) is 33.9 Å². The fraction of sp³-hybridized carbons (Fsp3) is 0.684. The first-order valence-electron chi connectivity index (χ1n) is 8.20. The van der Waals surface area contributed by atoms with Crippen LogP contribution in [0.4, 0.5) is 0 Å². The molecule has 0 aromatic heterocycles. The van der Waals surface area contributed by atoms with Gasteiger partial charge in [0.05, 0.1) is 0 Å². The molecule has 1 aromatic rings. The van der Waals surface area contributed by atoms with Crippen LogP contribution in [0.1, 0.15) is 84.5 Å². The van der Waals surface area contributed by atoms with Crippen molar-refractivity contribution in [2.24, 2.45) is 0 Å². The molecule has 114 valence electrons. The van der Waals surface area contributed by atoms with Gasteiger partial charge in [0.25, 0.3) is 0 Å².